The van der Waals surface area contributed by atoms with Crippen LogP contribution in [0.5, 0.6) is 0 Å². The smallest absolute Gasteiger partial charge is 0.341 e. The van der Waals surface area contributed by atoms with Crippen LogP contribution in [-0.2, 0) is 19.0 Å². The molecule has 2 aliphatic heterocycles. The van der Waals surface area contributed by atoms with Crippen molar-refractivity contribution >= 4 is 5.97 Å². The fourth-order valence-electron chi connectivity index (χ4n) is 3.21. The first-order chi connectivity index (χ1) is 8.64. The third-order valence-electron chi connectivity index (χ3n) is 4.19. The summed E-state index contributed by atoms with van der Waals surface area (Å²) in [5, 5.41) is 0. The van der Waals surface area contributed by atoms with Crippen molar-refractivity contribution in [3.05, 3.63) is 0 Å². The second-order valence-electron chi connectivity index (χ2n) is 5.23. The highest BCUT2D eigenvalue weighted by atomic mass is 16.7. The van der Waals surface area contributed by atoms with Gasteiger partial charge in [-0.25, -0.2) is 4.79 Å². The molecule has 2 rings (SSSR count). The quantitative estimate of drug-likeness (QED) is 0.560. The molecule has 2 saturated heterocycles. The average molecular weight is 256 g/mol. The van der Waals surface area contributed by atoms with Gasteiger partial charge >= 0.3 is 5.97 Å². The molecule has 4 nitrogen and oxygen atoms in total. The summed E-state index contributed by atoms with van der Waals surface area (Å²) in [5.41, 5.74) is -1.01. The van der Waals surface area contributed by atoms with E-state index in [1.807, 2.05) is 13.8 Å². The fraction of sp³-hybridized carbons (Fsp3) is 0.929. The SMILES string of the molecule is CCCC1CC2(CCO1)OC2(CC)C(=O)OCC. The number of epoxide rings is 1. The van der Waals surface area contributed by atoms with Gasteiger partial charge in [-0.1, -0.05) is 20.3 Å². The molecular formula is C14H24O4. The molecule has 0 amide bonds. The molecule has 3 atom stereocenters. The number of hydrogen-bond donors (Lipinski definition) is 0. The van der Waals surface area contributed by atoms with Crippen LogP contribution in [0.4, 0.5) is 0 Å². The molecule has 0 aromatic rings. The lowest BCUT2D eigenvalue weighted by molar-refractivity contribution is -0.149. The summed E-state index contributed by atoms with van der Waals surface area (Å²) in [6.07, 6.45) is 4.68. The summed E-state index contributed by atoms with van der Waals surface area (Å²) in [4.78, 5) is 12.1. The van der Waals surface area contributed by atoms with E-state index in [9.17, 15) is 4.79 Å². The molecule has 2 heterocycles. The molecular weight excluding hydrogens is 232 g/mol. The predicted molar refractivity (Wildman–Crippen MR) is 67.4 cm³/mol. The average Bonchev–Trinajstić information content (AvgIpc) is 2.98. The Labute approximate surface area is 109 Å². The van der Waals surface area contributed by atoms with E-state index in [2.05, 4.69) is 6.92 Å². The van der Waals surface area contributed by atoms with E-state index in [1.165, 1.54) is 0 Å². The van der Waals surface area contributed by atoms with Crippen molar-refractivity contribution in [1.82, 2.24) is 0 Å². The molecule has 0 bridgehead atoms. The molecule has 1 spiro atoms. The minimum absolute atomic E-state index is 0.190. The first kappa shape index (κ1) is 13.8. The van der Waals surface area contributed by atoms with Crippen LogP contribution >= 0.6 is 0 Å². The van der Waals surface area contributed by atoms with E-state index in [0.29, 0.717) is 19.6 Å². The first-order valence-electron chi connectivity index (χ1n) is 7.13. The van der Waals surface area contributed by atoms with Crippen molar-refractivity contribution in [2.75, 3.05) is 13.2 Å². The molecule has 18 heavy (non-hydrogen) atoms. The summed E-state index contributed by atoms with van der Waals surface area (Å²) >= 11 is 0. The van der Waals surface area contributed by atoms with Gasteiger partial charge in [0.1, 0.15) is 5.60 Å². The monoisotopic (exact) mass is 256 g/mol. The zero-order valence-corrected chi connectivity index (χ0v) is 11.7. The Kier molecular flexibility index (Phi) is 3.97. The van der Waals surface area contributed by atoms with Crippen LogP contribution < -0.4 is 0 Å². The van der Waals surface area contributed by atoms with Crippen molar-refractivity contribution in [3.63, 3.8) is 0 Å². The lowest BCUT2D eigenvalue weighted by Crippen LogP contribution is -2.41. The highest BCUT2D eigenvalue weighted by molar-refractivity contribution is 5.85. The topological polar surface area (TPSA) is 48.1 Å². The van der Waals surface area contributed by atoms with Crippen LogP contribution in [0, 0.1) is 0 Å². The molecule has 2 fully saturated rings. The Balaban J connectivity index is 2.06. The third-order valence-corrected chi connectivity index (χ3v) is 4.19. The normalized spacial score (nSPS) is 38.7. The molecule has 0 N–H and O–H groups in total. The first-order valence-corrected chi connectivity index (χ1v) is 7.13. The summed E-state index contributed by atoms with van der Waals surface area (Å²) in [6.45, 7) is 7.08. The summed E-state index contributed by atoms with van der Waals surface area (Å²) in [6, 6.07) is 0. The van der Waals surface area contributed by atoms with Gasteiger partial charge in [-0.05, 0) is 19.8 Å². The zero-order valence-electron chi connectivity index (χ0n) is 11.7. The van der Waals surface area contributed by atoms with Gasteiger partial charge in [0.25, 0.3) is 0 Å². The van der Waals surface area contributed by atoms with Crippen LogP contribution in [0.1, 0.15) is 52.9 Å². The number of carbonyl (C=O) groups excluding carboxylic acids is 1. The standard InChI is InChI=1S/C14H24O4/c1-4-7-11-10-13(8-9-17-11)14(5-2,18-13)12(15)16-6-3/h11H,4-10H2,1-3H3. The lowest BCUT2D eigenvalue weighted by atomic mass is 9.81. The molecule has 3 unspecified atom stereocenters. The van der Waals surface area contributed by atoms with Crippen molar-refractivity contribution in [1.29, 1.82) is 0 Å². The molecule has 104 valence electrons. The number of esters is 1. The Bertz CT molecular complexity index is 315. The van der Waals surface area contributed by atoms with Crippen molar-refractivity contribution < 1.29 is 19.0 Å². The number of ether oxygens (including phenoxy) is 3. The zero-order chi connectivity index (χ0) is 13.2. The van der Waals surface area contributed by atoms with Gasteiger partial charge in [0, 0.05) is 19.4 Å². The molecule has 0 radical (unpaired) electrons. The largest absolute Gasteiger partial charge is 0.464 e. The van der Waals surface area contributed by atoms with E-state index >= 15 is 0 Å². The van der Waals surface area contributed by atoms with Gasteiger partial charge in [0.05, 0.1) is 12.7 Å². The van der Waals surface area contributed by atoms with E-state index in [0.717, 1.165) is 25.7 Å². The van der Waals surface area contributed by atoms with Crippen LogP contribution in [0.15, 0.2) is 0 Å². The lowest BCUT2D eigenvalue weighted by Gasteiger charge is -2.29. The Hall–Kier alpha value is -0.610. The van der Waals surface area contributed by atoms with Gasteiger partial charge in [0.2, 0.25) is 0 Å². The summed E-state index contributed by atoms with van der Waals surface area (Å²) in [5.74, 6) is -0.190. The van der Waals surface area contributed by atoms with Crippen molar-refractivity contribution in [3.8, 4) is 0 Å². The van der Waals surface area contributed by atoms with E-state index in [-0.39, 0.29) is 17.7 Å². The third kappa shape index (κ3) is 2.05. The highest BCUT2D eigenvalue weighted by Crippen LogP contribution is 2.58. The Morgan fingerprint density at radius 3 is 2.78 bits per heavy atom. The molecule has 0 aromatic heterocycles. The molecule has 0 saturated carbocycles. The van der Waals surface area contributed by atoms with Crippen molar-refractivity contribution in [2.24, 2.45) is 0 Å². The van der Waals surface area contributed by atoms with Crippen LogP contribution in [-0.4, -0.2) is 36.5 Å². The molecule has 4 heteroatoms. The van der Waals surface area contributed by atoms with Gasteiger partial charge in [-0.2, -0.15) is 0 Å². The minimum Gasteiger partial charge on any atom is -0.464 e. The predicted octanol–water partition coefficient (Wildman–Crippen LogP) is 2.45. The number of hydrogen-bond acceptors (Lipinski definition) is 4. The van der Waals surface area contributed by atoms with Gasteiger partial charge < -0.3 is 14.2 Å². The fourth-order valence-corrected chi connectivity index (χ4v) is 3.21. The number of carbonyl (C=O) groups is 1. The van der Waals surface area contributed by atoms with Crippen molar-refractivity contribution in [2.45, 2.75) is 70.2 Å². The van der Waals surface area contributed by atoms with Crippen LogP contribution in [0.25, 0.3) is 0 Å². The summed E-state index contributed by atoms with van der Waals surface area (Å²) < 4.78 is 16.8. The Morgan fingerprint density at radius 1 is 1.39 bits per heavy atom. The highest BCUT2D eigenvalue weighted by Gasteiger charge is 2.74. The Morgan fingerprint density at radius 2 is 2.17 bits per heavy atom. The van der Waals surface area contributed by atoms with E-state index in [4.69, 9.17) is 14.2 Å². The van der Waals surface area contributed by atoms with E-state index < -0.39 is 5.60 Å². The number of rotatable bonds is 5. The molecule has 2 aliphatic rings. The van der Waals surface area contributed by atoms with Crippen LogP contribution in [0.3, 0.4) is 0 Å². The maximum atomic E-state index is 12.1. The maximum absolute atomic E-state index is 12.1. The van der Waals surface area contributed by atoms with E-state index in [1.54, 1.807) is 0 Å². The second kappa shape index (κ2) is 5.17. The minimum atomic E-state index is -0.696. The second-order valence-corrected chi connectivity index (χ2v) is 5.23. The van der Waals surface area contributed by atoms with Gasteiger partial charge in [-0.3, -0.25) is 0 Å². The van der Waals surface area contributed by atoms with Crippen LogP contribution in [0.2, 0.25) is 0 Å². The van der Waals surface area contributed by atoms with Gasteiger partial charge in [-0.15, -0.1) is 0 Å². The molecule has 0 aromatic carbocycles. The van der Waals surface area contributed by atoms with Gasteiger partial charge in [0.15, 0.2) is 5.60 Å². The maximum Gasteiger partial charge on any atom is 0.341 e. The summed E-state index contributed by atoms with van der Waals surface area (Å²) in [7, 11) is 0. The molecule has 0 aliphatic carbocycles.